The fourth-order valence-corrected chi connectivity index (χ4v) is 4.45. The molecule has 144 valence electrons. The second-order valence-corrected chi connectivity index (χ2v) is 8.89. The van der Waals surface area contributed by atoms with Gasteiger partial charge in [-0.05, 0) is 61.7 Å². The standard InChI is InChI=1S/C20H18ClN3O3S/c1-12-4-5-13(20(25)23-14-6-7-14)11-17(12)24-28(26,27)18-9-8-16(21)19-15(18)3-2-10-22-19/h2-5,8-11,14,24H,6-7H2,1H3,(H,23,25). The van der Waals surface area contributed by atoms with Crippen molar-refractivity contribution in [2.45, 2.75) is 30.7 Å². The number of nitrogens with zero attached hydrogens (tertiary/aromatic N) is 1. The number of halogens is 1. The molecule has 4 rings (SSSR count). The van der Waals surface area contributed by atoms with Gasteiger partial charge in [-0.3, -0.25) is 14.5 Å². The van der Waals surface area contributed by atoms with E-state index in [4.69, 9.17) is 11.6 Å². The van der Waals surface area contributed by atoms with Gasteiger partial charge in [0.25, 0.3) is 15.9 Å². The Balaban J connectivity index is 1.70. The number of benzene rings is 2. The molecule has 1 saturated carbocycles. The highest BCUT2D eigenvalue weighted by molar-refractivity contribution is 7.93. The van der Waals surface area contributed by atoms with Crippen molar-refractivity contribution in [1.29, 1.82) is 0 Å². The van der Waals surface area contributed by atoms with Crippen molar-refractivity contribution in [3.8, 4) is 0 Å². The maximum atomic E-state index is 13.1. The number of fused-ring (bicyclic) bond motifs is 1. The van der Waals surface area contributed by atoms with Gasteiger partial charge < -0.3 is 5.32 Å². The van der Waals surface area contributed by atoms with Crippen LogP contribution in [0, 0.1) is 6.92 Å². The van der Waals surface area contributed by atoms with E-state index in [1.54, 1.807) is 43.5 Å². The summed E-state index contributed by atoms with van der Waals surface area (Å²) in [5.74, 6) is -0.205. The minimum absolute atomic E-state index is 0.0761. The number of anilines is 1. The number of carbonyl (C=O) groups excluding carboxylic acids is 1. The summed E-state index contributed by atoms with van der Waals surface area (Å²) in [6, 6.07) is 11.5. The molecule has 3 aromatic rings. The molecular formula is C20H18ClN3O3S. The summed E-state index contributed by atoms with van der Waals surface area (Å²) < 4.78 is 28.7. The number of rotatable bonds is 5. The van der Waals surface area contributed by atoms with Crippen LogP contribution in [0.25, 0.3) is 10.9 Å². The van der Waals surface area contributed by atoms with Crippen LogP contribution in [0.4, 0.5) is 5.69 Å². The average molecular weight is 416 g/mol. The lowest BCUT2D eigenvalue weighted by molar-refractivity contribution is 0.0951. The lowest BCUT2D eigenvalue weighted by Crippen LogP contribution is -2.25. The van der Waals surface area contributed by atoms with Crippen LogP contribution in [-0.2, 0) is 10.0 Å². The van der Waals surface area contributed by atoms with Crippen LogP contribution in [0.5, 0.6) is 0 Å². The predicted molar refractivity (Wildman–Crippen MR) is 109 cm³/mol. The molecule has 1 aliphatic carbocycles. The molecule has 0 unspecified atom stereocenters. The first-order chi connectivity index (χ1) is 13.3. The first kappa shape index (κ1) is 18.7. The van der Waals surface area contributed by atoms with Crippen LogP contribution in [0.2, 0.25) is 5.02 Å². The molecule has 0 bridgehead atoms. The number of nitrogens with one attached hydrogen (secondary N) is 2. The fraction of sp³-hybridized carbons (Fsp3) is 0.200. The zero-order valence-corrected chi connectivity index (χ0v) is 16.6. The van der Waals surface area contributed by atoms with Gasteiger partial charge in [0.05, 0.1) is 21.1 Å². The van der Waals surface area contributed by atoms with Crippen LogP contribution < -0.4 is 10.0 Å². The zero-order valence-electron chi connectivity index (χ0n) is 15.1. The summed E-state index contributed by atoms with van der Waals surface area (Å²) >= 11 is 6.14. The van der Waals surface area contributed by atoms with E-state index in [1.165, 1.54) is 12.1 Å². The molecule has 1 heterocycles. The normalized spacial score (nSPS) is 14.1. The van der Waals surface area contributed by atoms with Crippen molar-refractivity contribution in [2.75, 3.05) is 4.72 Å². The third-order valence-electron chi connectivity index (χ3n) is 4.63. The summed E-state index contributed by atoms with van der Waals surface area (Å²) in [4.78, 5) is 16.5. The summed E-state index contributed by atoms with van der Waals surface area (Å²) in [7, 11) is -3.91. The Morgan fingerprint density at radius 1 is 1.18 bits per heavy atom. The van der Waals surface area contributed by atoms with Crippen LogP contribution in [0.1, 0.15) is 28.8 Å². The van der Waals surface area contributed by atoms with Crippen molar-refractivity contribution in [3.63, 3.8) is 0 Å². The number of hydrogen-bond acceptors (Lipinski definition) is 4. The molecule has 0 saturated heterocycles. The Morgan fingerprint density at radius 2 is 1.96 bits per heavy atom. The Hall–Kier alpha value is -2.64. The third-order valence-corrected chi connectivity index (χ3v) is 6.36. The van der Waals surface area contributed by atoms with Crippen molar-refractivity contribution in [3.05, 3.63) is 64.8 Å². The van der Waals surface area contributed by atoms with Gasteiger partial charge in [0, 0.05) is 23.2 Å². The number of sulfonamides is 1. The van der Waals surface area contributed by atoms with Crippen LogP contribution >= 0.6 is 11.6 Å². The molecule has 2 aromatic carbocycles. The van der Waals surface area contributed by atoms with E-state index in [1.807, 2.05) is 0 Å². The number of carbonyl (C=O) groups is 1. The molecule has 6 nitrogen and oxygen atoms in total. The highest BCUT2D eigenvalue weighted by Gasteiger charge is 2.25. The number of hydrogen-bond donors (Lipinski definition) is 2. The van der Waals surface area contributed by atoms with Crippen LogP contribution in [0.15, 0.2) is 53.6 Å². The van der Waals surface area contributed by atoms with Gasteiger partial charge in [-0.2, -0.15) is 0 Å². The molecule has 1 amide bonds. The molecule has 0 radical (unpaired) electrons. The van der Waals surface area contributed by atoms with Gasteiger partial charge in [0.2, 0.25) is 0 Å². The minimum atomic E-state index is -3.91. The molecule has 8 heteroatoms. The topological polar surface area (TPSA) is 88.2 Å². The Morgan fingerprint density at radius 3 is 2.71 bits per heavy atom. The quantitative estimate of drug-likeness (QED) is 0.661. The molecule has 0 aliphatic heterocycles. The maximum Gasteiger partial charge on any atom is 0.262 e. The maximum absolute atomic E-state index is 13.1. The molecule has 1 aromatic heterocycles. The Bertz CT molecular complexity index is 1190. The fourth-order valence-electron chi connectivity index (χ4n) is 2.92. The summed E-state index contributed by atoms with van der Waals surface area (Å²) in [6.07, 6.45) is 3.52. The molecule has 1 aliphatic rings. The van der Waals surface area contributed by atoms with Crippen molar-refractivity contribution >= 4 is 44.1 Å². The summed E-state index contributed by atoms with van der Waals surface area (Å²) in [6.45, 7) is 1.78. The highest BCUT2D eigenvalue weighted by Crippen LogP contribution is 2.30. The van der Waals surface area contributed by atoms with E-state index in [9.17, 15) is 13.2 Å². The van der Waals surface area contributed by atoms with Gasteiger partial charge in [-0.1, -0.05) is 17.7 Å². The van der Waals surface area contributed by atoms with Gasteiger partial charge in [0.1, 0.15) is 0 Å². The van der Waals surface area contributed by atoms with E-state index in [0.717, 1.165) is 12.8 Å². The minimum Gasteiger partial charge on any atom is -0.349 e. The third kappa shape index (κ3) is 3.68. The number of pyridine rings is 1. The zero-order chi connectivity index (χ0) is 19.9. The van der Waals surface area contributed by atoms with E-state index in [2.05, 4.69) is 15.0 Å². The SMILES string of the molecule is Cc1ccc(C(=O)NC2CC2)cc1NS(=O)(=O)c1ccc(Cl)c2ncccc12. The Labute approximate surface area is 168 Å². The lowest BCUT2D eigenvalue weighted by atomic mass is 10.1. The monoisotopic (exact) mass is 415 g/mol. The summed E-state index contributed by atoms with van der Waals surface area (Å²) in [5.41, 5.74) is 1.90. The average Bonchev–Trinajstić information content (AvgIpc) is 3.47. The van der Waals surface area contributed by atoms with Crippen molar-refractivity contribution in [2.24, 2.45) is 0 Å². The van der Waals surface area contributed by atoms with Crippen molar-refractivity contribution in [1.82, 2.24) is 10.3 Å². The van der Waals surface area contributed by atoms with E-state index in [-0.39, 0.29) is 16.8 Å². The van der Waals surface area contributed by atoms with Gasteiger partial charge in [-0.25, -0.2) is 8.42 Å². The molecule has 2 N–H and O–H groups in total. The van der Waals surface area contributed by atoms with E-state index in [0.29, 0.717) is 32.7 Å². The molecular weight excluding hydrogens is 398 g/mol. The largest absolute Gasteiger partial charge is 0.349 e. The van der Waals surface area contributed by atoms with Gasteiger partial charge in [-0.15, -0.1) is 0 Å². The number of aryl methyl sites for hydroxylation is 1. The first-order valence-electron chi connectivity index (χ1n) is 8.83. The molecule has 0 spiro atoms. The van der Waals surface area contributed by atoms with Crippen molar-refractivity contribution < 1.29 is 13.2 Å². The lowest BCUT2D eigenvalue weighted by Gasteiger charge is -2.14. The Kier molecular flexibility index (Phi) is 4.72. The number of aromatic nitrogens is 1. The first-order valence-corrected chi connectivity index (χ1v) is 10.7. The second kappa shape index (κ2) is 7.07. The summed E-state index contributed by atoms with van der Waals surface area (Å²) in [5, 5.41) is 3.71. The number of amides is 1. The second-order valence-electron chi connectivity index (χ2n) is 6.83. The van der Waals surface area contributed by atoms with E-state index >= 15 is 0 Å². The molecule has 1 fully saturated rings. The van der Waals surface area contributed by atoms with Gasteiger partial charge >= 0.3 is 0 Å². The van der Waals surface area contributed by atoms with Crippen LogP contribution in [-0.4, -0.2) is 25.4 Å². The predicted octanol–water partition coefficient (Wildman–Crippen LogP) is 3.89. The smallest absolute Gasteiger partial charge is 0.262 e. The highest BCUT2D eigenvalue weighted by atomic mass is 35.5. The van der Waals surface area contributed by atoms with E-state index < -0.39 is 10.0 Å². The molecule has 28 heavy (non-hydrogen) atoms. The van der Waals surface area contributed by atoms with Crippen LogP contribution in [0.3, 0.4) is 0 Å². The van der Waals surface area contributed by atoms with Gasteiger partial charge in [0.15, 0.2) is 0 Å². The molecule has 0 atom stereocenters.